The van der Waals surface area contributed by atoms with E-state index in [1.807, 2.05) is 0 Å². The Morgan fingerprint density at radius 3 is 2.80 bits per heavy atom. The molecule has 1 aromatic heterocycles. The number of hydrogen-bond donors (Lipinski definition) is 1. The predicted octanol–water partition coefficient (Wildman–Crippen LogP) is 3.25. The molecule has 6 heteroatoms. The second-order valence-corrected chi connectivity index (χ2v) is 4.89. The third kappa shape index (κ3) is 2.37. The van der Waals surface area contributed by atoms with Gasteiger partial charge in [-0.1, -0.05) is 0 Å². The maximum Gasteiger partial charge on any atom is 0.422 e. The Balaban J connectivity index is 1.99. The number of nitrogen functional groups attached to an aromatic ring is 1. The zero-order valence-corrected chi connectivity index (χ0v) is 10.6. The second-order valence-electron chi connectivity index (χ2n) is 4.89. The standard InChI is InChI=1S/C14H13F3N2O/c15-14(16,17)7-20-8-4-5-12-10(6-8)13(18)9-2-1-3-11(9)19-12/h4-6H,1-3,7H2,(H2,18,19). The number of pyridine rings is 1. The molecule has 1 aliphatic carbocycles. The number of nitrogens with two attached hydrogens (primary N) is 1. The molecule has 2 N–H and O–H groups in total. The minimum absolute atomic E-state index is 0.154. The SMILES string of the molecule is Nc1c2c(nc3ccc(OCC(F)(F)F)cc13)CCC2. The lowest BCUT2D eigenvalue weighted by Crippen LogP contribution is -2.19. The van der Waals surface area contributed by atoms with E-state index in [4.69, 9.17) is 10.5 Å². The van der Waals surface area contributed by atoms with E-state index in [9.17, 15) is 13.2 Å². The van der Waals surface area contributed by atoms with Crippen molar-refractivity contribution in [3.63, 3.8) is 0 Å². The Labute approximate surface area is 113 Å². The fourth-order valence-corrected chi connectivity index (χ4v) is 2.53. The van der Waals surface area contributed by atoms with Crippen LogP contribution in [-0.4, -0.2) is 17.8 Å². The van der Waals surface area contributed by atoms with Crippen LogP contribution in [0.3, 0.4) is 0 Å². The van der Waals surface area contributed by atoms with Crippen LogP contribution in [0.25, 0.3) is 10.9 Å². The molecule has 0 radical (unpaired) electrons. The molecule has 1 aliphatic rings. The van der Waals surface area contributed by atoms with E-state index < -0.39 is 12.8 Å². The van der Waals surface area contributed by atoms with Gasteiger partial charge in [0.05, 0.1) is 5.52 Å². The molecule has 0 atom stereocenters. The van der Waals surface area contributed by atoms with Crippen molar-refractivity contribution >= 4 is 16.6 Å². The number of hydrogen-bond acceptors (Lipinski definition) is 3. The van der Waals surface area contributed by atoms with Crippen LogP contribution in [0.1, 0.15) is 17.7 Å². The molecule has 0 fully saturated rings. The average Bonchev–Trinajstić information content (AvgIpc) is 2.84. The summed E-state index contributed by atoms with van der Waals surface area (Å²) in [6, 6.07) is 4.67. The molecule has 106 valence electrons. The van der Waals surface area contributed by atoms with Gasteiger partial charge in [0.2, 0.25) is 0 Å². The molecule has 0 unspecified atom stereocenters. The normalized spacial score (nSPS) is 14.6. The summed E-state index contributed by atoms with van der Waals surface area (Å²) in [5, 5.41) is 0.658. The molecule has 1 aromatic carbocycles. The fraction of sp³-hybridized carbons (Fsp3) is 0.357. The number of anilines is 1. The van der Waals surface area contributed by atoms with Crippen LogP contribution in [0.2, 0.25) is 0 Å². The molecule has 0 saturated carbocycles. The number of aryl methyl sites for hydroxylation is 1. The monoisotopic (exact) mass is 282 g/mol. The summed E-state index contributed by atoms with van der Waals surface area (Å²) in [5.41, 5.74) is 9.43. The first-order valence-corrected chi connectivity index (χ1v) is 6.34. The van der Waals surface area contributed by atoms with Crippen molar-refractivity contribution < 1.29 is 17.9 Å². The minimum atomic E-state index is -4.35. The van der Waals surface area contributed by atoms with Crippen molar-refractivity contribution in [1.29, 1.82) is 0 Å². The number of halogens is 3. The second kappa shape index (κ2) is 4.54. The van der Waals surface area contributed by atoms with Crippen molar-refractivity contribution in [3.05, 3.63) is 29.5 Å². The summed E-state index contributed by atoms with van der Waals surface area (Å²) in [6.07, 6.45) is -1.56. The van der Waals surface area contributed by atoms with Crippen LogP contribution < -0.4 is 10.5 Å². The van der Waals surface area contributed by atoms with E-state index in [1.54, 1.807) is 6.07 Å². The smallest absolute Gasteiger partial charge is 0.422 e. The van der Waals surface area contributed by atoms with Crippen LogP contribution in [0, 0.1) is 0 Å². The zero-order valence-electron chi connectivity index (χ0n) is 10.6. The van der Waals surface area contributed by atoms with Crippen molar-refractivity contribution in [1.82, 2.24) is 4.98 Å². The maximum absolute atomic E-state index is 12.2. The quantitative estimate of drug-likeness (QED) is 0.919. The number of ether oxygens (including phenoxy) is 1. The van der Waals surface area contributed by atoms with Crippen molar-refractivity contribution in [3.8, 4) is 5.75 Å². The first kappa shape index (κ1) is 13.0. The molecule has 2 aromatic rings. The Morgan fingerprint density at radius 1 is 1.25 bits per heavy atom. The summed E-state index contributed by atoms with van der Waals surface area (Å²) in [7, 11) is 0. The molecule has 20 heavy (non-hydrogen) atoms. The first-order chi connectivity index (χ1) is 9.44. The maximum atomic E-state index is 12.2. The van der Waals surface area contributed by atoms with Gasteiger partial charge in [-0.25, -0.2) is 0 Å². The third-order valence-corrected chi connectivity index (χ3v) is 3.43. The molecule has 0 amide bonds. The van der Waals surface area contributed by atoms with E-state index in [1.165, 1.54) is 12.1 Å². The number of benzene rings is 1. The molecule has 0 saturated heterocycles. The van der Waals surface area contributed by atoms with Gasteiger partial charge in [-0.3, -0.25) is 4.98 Å². The lowest BCUT2D eigenvalue weighted by atomic mass is 10.1. The van der Waals surface area contributed by atoms with Crippen LogP contribution in [0.5, 0.6) is 5.75 Å². The molecular weight excluding hydrogens is 269 g/mol. The van der Waals surface area contributed by atoms with Gasteiger partial charge in [-0.15, -0.1) is 0 Å². The lowest BCUT2D eigenvalue weighted by Gasteiger charge is -2.12. The topological polar surface area (TPSA) is 48.1 Å². The van der Waals surface area contributed by atoms with E-state index in [2.05, 4.69) is 4.98 Å². The van der Waals surface area contributed by atoms with Crippen molar-refractivity contribution in [2.75, 3.05) is 12.3 Å². The number of fused-ring (bicyclic) bond motifs is 2. The Bertz CT molecular complexity index is 667. The minimum Gasteiger partial charge on any atom is -0.484 e. The van der Waals surface area contributed by atoms with Crippen LogP contribution in [0.4, 0.5) is 18.9 Å². The molecule has 0 spiro atoms. The predicted molar refractivity (Wildman–Crippen MR) is 69.7 cm³/mol. The Kier molecular flexibility index (Phi) is 2.96. The van der Waals surface area contributed by atoms with Gasteiger partial charge in [0.15, 0.2) is 6.61 Å². The fourth-order valence-electron chi connectivity index (χ4n) is 2.53. The highest BCUT2D eigenvalue weighted by molar-refractivity contribution is 5.93. The van der Waals surface area contributed by atoms with Crippen LogP contribution in [0.15, 0.2) is 18.2 Å². The Hall–Kier alpha value is -1.98. The zero-order chi connectivity index (χ0) is 14.3. The van der Waals surface area contributed by atoms with E-state index in [0.29, 0.717) is 16.6 Å². The van der Waals surface area contributed by atoms with Gasteiger partial charge >= 0.3 is 6.18 Å². The third-order valence-electron chi connectivity index (χ3n) is 3.43. The van der Waals surface area contributed by atoms with Crippen LogP contribution in [-0.2, 0) is 12.8 Å². The van der Waals surface area contributed by atoms with E-state index >= 15 is 0 Å². The van der Waals surface area contributed by atoms with Crippen molar-refractivity contribution in [2.45, 2.75) is 25.4 Å². The highest BCUT2D eigenvalue weighted by atomic mass is 19.4. The molecule has 1 heterocycles. The lowest BCUT2D eigenvalue weighted by molar-refractivity contribution is -0.153. The van der Waals surface area contributed by atoms with Gasteiger partial charge < -0.3 is 10.5 Å². The van der Waals surface area contributed by atoms with Gasteiger partial charge in [-0.2, -0.15) is 13.2 Å². The molecule has 0 bridgehead atoms. The van der Waals surface area contributed by atoms with Gasteiger partial charge in [0.1, 0.15) is 5.75 Å². The molecule has 3 nitrogen and oxygen atoms in total. The first-order valence-electron chi connectivity index (χ1n) is 6.34. The number of alkyl halides is 3. The summed E-state index contributed by atoms with van der Waals surface area (Å²) in [4.78, 5) is 4.51. The van der Waals surface area contributed by atoms with E-state index in [-0.39, 0.29) is 5.75 Å². The number of aromatic nitrogens is 1. The molecular formula is C14H13F3N2O. The molecule has 0 aliphatic heterocycles. The highest BCUT2D eigenvalue weighted by Gasteiger charge is 2.28. The van der Waals surface area contributed by atoms with Gasteiger partial charge in [-0.05, 0) is 43.0 Å². The Morgan fingerprint density at radius 2 is 2.05 bits per heavy atom. The summed E-state index contributed by atoms with van der Waals surface area (Å²) in [5.74, 6) is 0.154. The largest absolute Gasteiger partial charge is 0.484 e. The highest BCUT2D eigenvalue weighted by Crippen LogP contribution is 2.33. The molecule has 3 rings (SSSR count). The van der Waals surface area contributed by atoms with Crippen LogP contribution >= 0.6 is 0 Å². The summed E-state index contributed by atoms with van der Waals surface area (Å²) >= 11 is 0. The van der Waals surface area contributed by atoms with Gasteiger partial charge in [0, 0.05) is 16.8 Å². The average molecular weight is 282 g/mol. The van der Waals surface area contributed by atoms with Crippen molar-refractivity contribution in [2.24, 2.45) is 0 Å². The van der Waals surface area contributed by atoms with Gasteiger partial charge in [0.25, 0.3) is 0 Å². The summed E-state index contributed by atoms with van der Waals surface area (Å²) < 4.78 is 41.2. The number of nitrogens with zero attached hydrogens (tertiary/aromatic N) is 1. The summed E-state index contributed by atoms with van der Waals surface area (Å²) in [6.45, 7) is -1.31. The van der Waals surface area contributed by atoms with E-state index in [0.717, 1.165) is 30.5 Å². The number of rotatable bonds is 2.